The minimum absolute atomic E-state index is 0.147. The van der Waals surface area contributed by atoms with Gasteiger partial charge in [-0.15, -0.1) is 0 Å². The van der Waals surface area contributed by atoms with E-state index >= 15 is 0 Å². The molecular formula is C14H29NO3. The average molecular weight is 259 g/mol. The van der Waals surface area contributed by atoms with Gasteiger partial charge in [0.05, 0.1) is 6.61 Å². The molecule has 0 aromatic carbocycles. The Morgan fingerprint density at radius 3 is 2.33 bits per heavy atom. The van der Waals surface area contributed by atoms with Crippen LogP contribution in [0.3, 0.4) is 0 Å². The molecule has 18 heavy (non-hydrogen) atoms. The molecule has 0 fully saturated rings. The Bertz CT molecular complexity index is 236. The fourth-order valence-corrected chi connectivity index (χ4v) is 2.06. The van der Waals surface area contributed by atoms with Crippen LogP contribution in [-0.2, 0) is 14.3 Å². The number of hydrogen-bond donors (Lipinski definition) is 1. The molecule has 0 radical (unpaired) electrons. The zero-order valence-corrected chi connectivity index (χ0v) is 12.5. The molecule has 0 saturated heterocycles. The van der Waals surface area contributed by atoms with Gasteiger partial charge in [0, 0.05) is 13.5 Å². The fourth-order valence-electron chi connectivity index (χ4n) is 2.06. The van der Waals surface area contributed by atoms with Crippen LogP contribution in [0, 0.1) is 11.3 Å². The molecule has 0 spiro atoms. The van der Waals surface area contributed by atoms with Gasteiger partial charge in [-0.2, -0.15) is 0 Å². The third-order valence-electron chi connectivity index (χ3n) is 3.17. The lowest BCUT2D eigenvalue weighted by molar-refractivity contribution is -0.151. The van der Waals surface area contributed by atoms with E-state index < -0.39 is 0 Å². The molecule has 2 unspecified atom stereocenters. The van der Waals surface area contributed by atoms with Crippen molar-refractivity contribution in [2.45, 2.75) is 53.1 Å². The van der Waals surface area contributed by atoms with Gasteiger partial charge in [-0.1, -0.05) is 20.8 Å². The van der Waals surface area contributed by atoms with Crippen molar-refractivity contribution in [2.75, 3.05) is 20.3 Å². The lowest BCUT2D eigenvalue weighted by Gasteiger charge is -2.30. The van der Waals surface area contributed by atoms with Crippen molar-refractivity contribution in [3.8, 4) is 0 Å². The molecule has 2 N–H and O–H groups in total. The van der Waals surface area contributed by atoms with Crippen molar-refractivity contribution in [3.63, 3.8) is 0 Å². The van der Waals surface area contributed by atoms with Gasteiger partial charge < -0.3 is 15.2 Å². The third kappa shape index (κ3) is 7.67. The van der Waals surface area contributed by atoms with Gasteiger partial charge in [0.15, 0.2) is 0 Å². The second-order valence-corrected chi connectivity index (χ2v) is 5.93. The molecule has 0 aliphatic heterocycles. The minimum atomic E-state index is -0.176. The summed E-state index contributed by atoms with van der Waals surface area (Å²) < 4.78 is 10.2. The van der Waals surface area contributed by atoms with Crippen LogP contribution < -0.4 is 5.73 Å². The van der Waals surface area contributed by atoms with Crippen molar-refractivity contribution in [1.82, 2.24) is 0 Å². The van der Waals surface area contributed by atoms with Crippen LogP contribution in [0.4, 0.5) is 0 Å². The third-order valence-corrected chi connectivity index (χ3v) is 3.17. The number of hydrogen-bond acceptors (Lipinski definition) is 4. The highest BCUT2D eigenvalue weighted by atomic mass is 16.6. The van der Waals surface area contributed by atoms with E-state index in [2.05, 4.69) is 20.8 Å². The molecule has 0 heterocycles. The number of rotatable bonds is 8. The molecule has 0 bridgehead atoms. The lowest BCUT2D eigenvalue weighted by atomic mass is 9.76. The Morgan fingerprint density at radius 2 is 1.89 bits per heavy atom. The first-order chi connectivity index (χ1) is 8.31. The van der Waals surface area contributed by atoms with E-state index in [-0.39, 0.29) is 17.5 Å². The molecular weight excluding hydrogens is 230 g/mol. The van der Waals surface area contributed by atoms with Gasteiger partial charge in [-0.25, -0.2) is 0 Å². The van der Waals surface area contributed by atoms with Crippen molar-refractivity contribution < 1.29 is 14.3 Å². The Kier molecular flexibility index (Phi) is 8.20. The Balaban J connectivity index is 4.07. The normalized spacial score (nSPS) is 15.2. The van der Waals surface area contributed by atoms with Gasteiger partial charge in [-0.05, 0) is 37.6 Å². The Morgan fingerprint density at radius 1 is 1.28 bits per heavy atom. The molecule has 4 nitrogen and oxygen atoms in total. The van der Waals surface area contributed by atoms with Crippen LogP contribution >= 0.6 is 0 Å². The molecule has 0 rings (SSSR count). The quantitative estimate of drug-likeness (QED) is 0.680. The predicted molar refractivity (Wildman–Crippen MR) is 73.3 cm³/mol. The Labute approximate surface area is 111 Å². The Hall–Kier alpha value is -0.610. The topological polar surface area (TPSA) is 61.5 Å². The first-order valence-corrected chi connectivity index (χ1v) is 6.69. The summed E-state index contributed by atoms with van der Waals surface area (Å²) in [4.78, 5) is 11.7. The maximum Gasteiger partial charge on any atom is 0.306 e. The maximum absolute atomic E-state index is 11.7. The van der Waals surface area contributed by atoms with Crippen molar-refractivity contribution in [1.29, 1.82) is 0 Å². The largest absolute Gasteiger partial charge is 0.460 e. The van der Waals surface area contributed by atoms with Gasteiger partial charge in [0.2, 0.25) is 0 Å². The molecule has 0 aliphatic rings. The van der Waals surface area contributed by atoms with E-state index in [1.165, 1.54) is 0 Å². The summed E-state index contributed by atoms with van der Waals surface area (Å²) in [6.07, 6.45) is 2.06. The van der Waals surface area contributed by atoms with Gasteiger partial charge in [0.25, 0.3) is 0 Å². The first kappa shape index (κ1) is 17.4. The summed E-state index contributed by atoms with van der Waals surface area (Å²) in [6.45, 7) is 9.50. The summed E-state index contributed by atoms with van der Waals surface area (Å²) in [5, 5.41) is 0. The van der Waals surface area contributed by atoms with E-state index in [0.29, 0.717) is 25.5 Å². The second kappa shape index (κ2) is 8.48. The van der Waals surface area contributed by atoms with Gasteiger partial charge in [-0.3, -0.25) is 4.79 Å². The zero-order chi connectivity index (χ0) is 14.2. The smallest absolute Gasteiger partial charge is 0.306 e. The molecule has 0 saturated carbocycles. The molecule has 2 atom stereocenters. The monoisotopic (exact) mass is 259 g/mol. The summed E-state index contributed by atoms with van der Waals surface area (Å²) in [7, 11) is 1.60. The van der Waals surface area contributed by atoms with Crippen molar-refractivity contribution in [2.24, 2.45) is 17.1 Å². The number of nitrogens with two attached hydrogens (primary N) is 1. The van der Waals surface area contributed by atoms with Crippen molar-refractivity contribution >= 4 is 5.97 Å². The van der Waals surface area contributed by atoms with Crippen LogP contribution in [0.15, 0.2) is 0 Å². The molecule has 108 valence electrons. The number of ether oxygens (including phenoxy) is 2. The number of carbonyl (C=O) groups is 1. The molecule has 0 amide bonds. The number of methoxy groups -OCH3 is 1. The molecule has 4 heteroatoms. The second-order valence-electron chi connectivity index (χ2n) is 5.93. The van der Waals surface area contributed by atoms with Gasteiger partial charge in [0.1, 0.15) is 6.10 Å². The predicted octanol–water partition coefficient (Wildman–Crippen LogP) is 2.36. The van der Waals surface area contributed by atoms with Crippen LogP contribution in [-0.4, -0.2) is 32.3 Å². The first-order valence-electron chi connectivity index (χ1n) is 6.69. The summed E-state index contributed by atoms with van der Waals surface area (Å²) >= 11 is 0. The van der Waals surface area contributed by atoms with E-state index in [0.717, 1.165) is 12.8 Å². The SMILES string of the molecule is COCC(C)OC(=O)CCC(CCN)C(C)(C)C. The summed E-state index contributed by atoms with van der Waals surface area (Å²) in [5.74, 6) is 0.304. The van der Waals surface area contributed by atoms with Crippen LogP contribution in [0.5, 0.6) is 0 Å². The van der Waals surface area contributed by atoms with Crippen LogP contribution in [0.1, 0.15) is 47.0 Å². The van der Waals surface area contributed by atoms with Crippen molar-refractivity contribution in [3.05, 3.63) is 0 Å². The van der Waals surface area contributed by atoms with Crippen LogP contribution in [0.25, 0.3) is 0 Å². The molecule has 0 aromatic rings. The van der Waals surface area contributed by atoms with Crippen LogP contribution in [0.2, 0.25) is 0 Å². The number of esters is 1. The highest BCUT2D eigenvalue weighted by molar-refractivity contribution is 5.69. The van der Waals surface area contributed by atoms with E-state index in [9.17, 15) is 4.79 Å². The van der Waals surface area contributed by atoms with Gasteiger partial charge >= 0.3 is 5.97 Å². The maximum atomic E-state index is 11.7. The zero-order valence-electron chi connectivity index (χ0n) is 12.5. The van der Waals surface area contributed by atoms with E-state index in [4.69, 9.17) is 15.2 Å². The average Bonchev–Trinajstić information content (AvgIpc) is 2.22. The fraction of sp³-hybridized carbons (Fsp3) is 0.929. The minimum Gasteiger partial charge on any atom is -0.460 e. The van der Waals surface area contributed by atoms with E-state index in [1.54, 1.807) is 7.11 Å². The summed E-state index contributed by atoms with van der Waals surface area (Å²) in [6, 6.07) is 0. The lowest BCUT2D eigenvalue weighted by Crippen LogP contribution is -2.25. The highest BCUT2D eigenvalue weighted by Crippen LogP contribution is 2.32. The molecule has 0 aliphatic carbocycles. The van der Waals surface area contributed by atoms with E-state index in [1.807, 2.05) is 6.92 Å². The standard InChI is InChI=1S/C14H29NO3/c1-11(10-17-5)18-13(16)7-6-12(8-9-15)14(2,3)4/h11-12H,6-10,15H2,1-5H3. The number of carbonyl (C=O) groups excluding carboxylic acids is 1. The highest BCUT2D eigenvalue weighted by Gasteiger charge is 2.24. The molecule has 0 aromatic heterocycles. The summed E-state index contributed by atoms with van der Waals surface area (Å²) in [5.41, 5.74) is 5.80.